The van der Waals surface area contributed by atoms with E-state index in [1.165, 1.54) is 32.6 Å². The monoisotopic (exact) mass is 518 g/mol. The zero-order valence-corrected chi connectivity index (χ0v) is 21.8. The first-order chi connectivity index (χ1) is 20.3. The van der Waals surface area contributed by atoms with E-state index < -0.39 is 0 Å². The van der Waals surface area contributed by atoms with Crippen molar-refractivity contribution in [2.24, 2.45) is 0 Å². The van der Waals surface area contributed by atoms with Crippen LogP contribution >= 0.6 is 0 Å². The summed E-state index contributed by atoms with van der Waals surface area (Å²) < 4.78 is 4.66. The lowest BCUT2D eigenvalue weighted by molar-refractivity contribution is 1.18. The first-order valence-corrected chi connectivity index (χ1v) is 13.7. The quantitative estimate of drug-likeness (QED) is 0.226. The Morgan fingerprint density at radius 3 is 1.88 bits per heavy atom. The van der Waals surface area contributed by atoms with Crippen molar-refractivity contribution in [3.8, 4) is 17.8 Å². The third kappa shape index (κ3) is 2.68. The summed E-state index contributed by atoms with van der Waals surface area (Å²) in [6.45, 7) is -0.234. The van der Waals surface area contributed by atoms with Crippen LogP contribution in [0.15, 0.2) is 115 Å². The number of aromatic nitrogens is 2. The maximum Gasteiger partial charge on any atom is 0.332 e. The summed E-state index contributed by atoms with van der Waals surface area (Å²) in [6.07, 6.45) is 0. The zero-order chi connectivity index (χ0) is 27.2. The van der Waals surface area contributed by atoms with E-state index in [1.807, 2.05) is 24.3 Å². The SMILES string of the molecule is N#Cc1cccc2c3cccc(C#N)c3n(B3c4ccccc4-n4c5ccc6ccccc6c5c5cccc3c54)c12. The van der Waals surface area contributed by atoms with Gasteiger partial charge in [0.25, 0.3) is 0 Å². The molecule has 0 amide bonds. The minimum Gasteiger partial charge on any atom is -0.374 e. The molecule has 0 aliphatic carbocycles. The zero-order valence-electron chi connectivity index (χ0n) is 21.8. The lowest BCUT2D eigenvalue weighted by Crippen LogP contribution is -2.53. The van der Waals surface area contributed by atoms with E-state index in [-0.39, 0.29) is 6.85 Å². The van der Waals surface area contributed by atoms with Gasteiger partial charge in [0.2, 0.25) is 0 Å². The van der Waals surface area contributed by atoms with E-state index in [0.717, 1.165) is 38.4 Å². The second kappa shape index (κ2) is 7.88. The predicted octanol–water partition coefficient (Wildman–Crippen LogP) is 6.76. The Kier molecular flexibility index (Phi) is 4.25. The molecule has 1 aliphatic rings. The van der Waals surface area contributed by atoms with E-state index in [4.69, 9.17) is 0 Å². The summed E-state index contributed by atoms with van der Waals surface area (Å²) in [6, 6.07) is 44.8. The molecule has 0 atom stereocenters. The van der Waals surface area contributed by atoms with Crippen LogP contribution in [0.5, 0.6) is 0 Å². The van der Waals surface area contributed by atoms with Crippen molar-refractivity contribution in [2.45, 2.75) is 0 Å². The molecule has 4 nitrogen and oxygen atoms in total. The number of nitrogens with zero attached hydrogens (tertiary/aromatic N) is 4. The normalized spacial score (nSPS) is 12.3. The van der Waals surface area contributed by atoms with Crippen LogP contribution in [0.4, 0.5) is 0 Å². The van der Waals surface area contributed by atoms with Gasteiger partial charge in [-0.1, -0.05) is 91.0 Å². The number of para-hydroxylation sites is 4. The van der Waals surface area contributed by atoms with Gasteiger partial charge in [0.05, 0.1) is 33.2 Å². The first kappa shape index (κ1) is 22.1. The van der Waals surface area contributed by atoms with Crippen LogP contribution < -0.4 is 10.9 Å². The van der Waals surface area contributed by atoms with E-state index in [0.29, 0.717) is 11.1 Å². The van der Waals surface area contributed by atoms with Crippen LogP contribution in [-0.2, 0) is 0 Å². The van der Waals surface area contributed by atoms with E-state index >= 15 is 0 Å². The van der Waals surface area contributed by atoms with Crippen LogP contribution in [0.1, 0.15) is 11.1 Å². The highest BCUT2D eigenvalue weighted by Crippen LogP contribution is 2.39. The fraction of sp³-hybridized carbons (Fsp3) is 0. The summed E-state index contributed by atoms with van der Waals surface area (Å²) in [4.78, 5) is 0. The molecular weight excluding hydrogens is 499 g/mol. The molecule has 0 radical (unpaired) electrons. The maximum absolute atomic E-state index is 10.3. The second-order valence-electron chi connectivity index (χ2n) is 10.7. The molecule has 0 spiro atoms. The van der Waals surface area contributed by atoms with Crippen molar-refractivity contribution in [3.63, 3.8) is 0 Å². The fourth-order valence-corrected chi connectivity index (χ4v) is 7.29. The van der Waals surface area contributed by atoms with Gasteiger partial charge >= 0.3 is 6.85 Å². The predicted molar refractivity (Wildman–Crippen MR) is 168 cm³/mol. The minimum absolute atomic E-state index is 0.234. The van der Waals surface area contributed by atoms with Crippen molar-refractivity contribution in [2.75, 3.05) is 0 Å². The standard InChI is InChI=1S/C36H19BN4/c38-20-23-9-5-12-26-27-13-6-10-24(21-39)35(27)41(34(23)26)37-29-15-3-4-17-31(29)40-32-19-18-22-8-1-2-11-25(22)33(32)28-14-7-16-30(37)36(28)40/h1-19H. The number of fused-ring (bicyclic) bond motifs is 10. The van der Waals surface area contributed by atoms with Crippen LogP contribution in [0.2, 0.25) is 0 Å². The minimum atomic E-state index is -0.234. The largest absolute Gasteiger partial charge is 0.374 e. The van der Waals surface area contributed by atoms with Gasteiger partial charge in [0.15, 0.2) is 0 Å². The summed E-state index contributed by atoms with van der Waals surface area (Å²) in [7, 11) is 0. The number of benzene rings is 6. The third-order valence-electron chi connectivity index (χ3n) is 8.82. The van der Waals surface area contributed by atoms with Gasteiger partial charge < -0.3 is 9.05 Å². The average molecular weight is 518 g/mol. The maximum atomic E-state index is 10.3. The van der Waals surface area contributed by atoms with Crippen LogP contribution in [0.25, 0.3) is 60.1 Å². The molecule has 0 saturated heterocycles. The Balaban J connectivity index is 1.54. The van der Waals surface area contributed by atoms with E-state index in [9.17, 15) is 10.5 Å². The number of nitriles is 2. The Hall–Kier alpha value is -5.78. The lowest BCUT2D eigenvalue weighted by atomic mass is 9.48. The molecular formula is C36H19BN4. The molecule has 5 heteroatoms. The third-order valence-corrected chi connectivity index (χ3v) is 8.82. The van der Waals surface area contributed by atoms with E-state index in [2.05, 4.69) is 112 Å². The molecule has 0 bridgehead atoms. The summed E-state index contributed by atoms with van der Waals surface area (Å²) >= 11 is 0. The second-order valence-corrected chi connectivity index (χ2v) is 10.7. The molecule has 0 N–H and O–H groups in total. The summed E-state index contributed by atoms with van der Waals surface area (Å²) in [5, 5.41) is 27.4. The van der Waals surface area contributed by atoms with Gasteiger partial charge in [-0.3, -0.25) is 0 Å². The number of hydrogen-bond donors (Lipinski definition) is 0. The van der Waals surface area contributed by atoms with Crippen LogP contribution in [0.3, 0.4) is 0 Å². The van der Waals surface area contributed by atoms with E-state index in [1.54, 1.807) is 0 Å². The van der Waals surface area contributed by atoms with Crippen molar-refractivity contribution in [1.82, 2.24) is 9.05 Å². The molecule has 1 aliphatic heterocycles. The summed E-state index contributed by atoms with van der Waals surface area (Å²) in [5.74, 6) is 0. The molecule has 2 aromatic heterocycles. The Morgan fingerprint density at radius 1 is 0.512 bits per heavy atom. The van der Waals surface area contributed by atoms with Crippen molar-refractivity contribution >= 4 is 72.2 Å². The van der Waals surface area contributed by atoms with Crippen molar-refractivity contribution < 1.29 is 0 Å². The topological polar surface area (TPSA) is 57.4 Å². The highest BCUT2D eigenvalue weighted by Gasteiger charge is 2.37. The highest BCUT2D eigenvalue weighted by molar-refractivity contribution is 6.88. The van der Waals surface area contributed by atoms with Gasteiger partial charge in [-0.2, -0.15) is 10.5 Å². The van der Waals surface area contributed by atoms with Crippen molar-refractivity contribution in [3.05, 3.63) is 126 Å². The molecule has 0 unspecified atom stereocenters. The van der Waals surface area contributed by atoms with Gasteiger partial charge in [0, 0.05) is 27.2 Å². The van der Waals surface area contributed by atoms with Crippen LogP contribution in [0, 0.1) is 22.7 Å². The molecule has 9 rings (SSSR count). The number of hydrogen-bond acceptors (Lipinski definition) is 2. The average Bonchev–Trinajstić information content (AvgIpc) is 3.56. The highest BCUT2D eigenvalue weighted by atomic mass is 15.0. The fourth-order valence-electron chi connectivity index (χ4n) is 7.29. The smallest absolute Gasteiger partial charge is 0.332 e. The van der Waals surface area contributed by atoms with Crippen LogP contribution in [-0.4, -0.2) is 15.9 Å². The Bertz CT molecular complexity index is 2450. The summed E-state index contributed by atoms with van der Waals surface area (Å²) in [5.41, 5.74) is 8.67. The Morgan fingerprint density at radius 2 is 1.12 bits per heavy atom. The van der Waals surface area contributed by atoms with Gasteiger partial charge in [-0.25, -0.2) is 0 Å². The first-order valence-electron chi connectivity index (χ1n) is 13.7. The van der Waals surface area contributed by atoms with Gasteiger partial charge in [-0.05, 0) is 46.0 Å². The number of rotatable bonds is 1. The molecule has 186 valence electrons. The Labute approximate surface area is 235 Å². The van der Waals surface area contributed by atoms with Gasteiger partial charge in [-0.15, -0.1) is 0 Å². The molecule has 6 aromatic carbocycles. The molecule has 0 fully saturated rings. The molecule has 0 saturated carbocycles. The molecule has 41 heavy (non-hydrogen) atoms. The molecule has 3 heterocycles. The lowest BCUT2D eigenvalue weighted by Gasteiger charge is -2.28. The van der Waals surface area contributed by atoms with Crippen molar-refractivity contribution in [1.29, 1.82) is 10.5 Å². The van der Waals surface area contributed by atoms with Gasteiger partial charge in [0.1, 0.15) is 12.1 Å². The molecule has 8 aromatic rings.